The normalized spacial score (nSPS) is 12.6. The molecule has 31 heavy (non-hydrogen) atoms. The average Bonchev–Trinajstić information content (AvgIpc) is 3.40. The molecule has 1 amide bonds. The third kappa shape index (κ3) is 3.31. The number of hydrogen-bond donors (Lipinski definition) is 1. The van der Waals surface area contributed by atoms with Gasteiger partial charge < -0.3 is 14.8 Å². The molecule has 152 valence electrons. The number of ether oxygens (including phenoxy) is 2. The van der Waals surface area contributed by atoms with Gasteiger partial charge in [0, 0.05) is 22.5 Å². The van der Waals surface area contributed by atoms with Crippen LogP contribution in [0.3, 0.4) is 0 Å². The molecule has 1 N–H and O–H groups in total. The summed E-state index contributed by atoms with van der Waals surface area (Å²) in [6.07, 6.45) is 1.54. The standard InChI is InChI=1S/C22H14N4O3S2/c27-18(25-13-5-6-16-17(8-13)29-11-28-16)9-30-22-20-19(23-10-24-22)14-7-12-3-1-2-4-15(12)26-21(14)31-20/h1-8,10H,9,11H2,(H,25,27). The van der Waals surface area contributed by atoms with Gasteiger partial charge in [0.1, 0.15) is 16.2 Å². The number of nitrogens with zero attached hydrogens (tertiary/aromatic N) is 3. The lowest BCUT2D eigenvalue weighted by atomic mass is 10.2. The maximum Gasteiger partial charge on any atom is 0.234 e. The largest absolute Gasteiger partial charge is 0.454 e. The molecular weight excluding hydrogens is 432 g/mol. The lowest BCUT2D eigenvalue weighted by Gasteiger charge is -2.06. The fraction of sp³-hybridized carbons (Fsp3) is 0.0909. The fourth-order valence-electron chi connectivity index (χ4n) is 3.49. The van der Waals surface area contributed by atoms with Crippen LogP contribution >= 0.6 is 23.1 Å². The number of anilines is 1. The van der Waals surface area contributed by atoms with Gasteiger partial charge in [-0.05, 0) is 24.3 Å². The second kappa shape index (κ2) is 7.36. The Labute approximate surface area is 184 Å². The zero-order valence-electron chi connectivity index (χ0n) is 16.0. The van der Waals surface area contributed by atoms with Gasteiger partial charge in [-0.1, -0.05) is 30.0 Å². The van der Waals surface area contributed by atoms with Crippen molar-refractivity contribution in [2.24, 2.45) is 0 Å². The molecule has 0 spiro atoms. The zero-order valence-corrected chi connectivity index (χ0v) is 17.6. The van der Waals surface area contributed by atoms with E-state index in [-0.39, 0.29) is 18.5 Å². The summed E-state index contributed by atoms with van der Waals surface area (Å²) in [6, 6.07) is 15.5. The Morgan fingerprint density at radius 1 is 1.10 bits per heavy atom. The smallest absolute Gasteiger partial charge is 0.234 e. The number of thiophene rings is 1. The Hall–Kier alpha value is -3.43. The summed E-state index contributed by atoms with van der Waals surface area (Å²) in [4.78, 5) is 27.1. The van der Waals surface area contributed by atoms with Crippen molar-refractivity contribution in [3.8, 4) is 11.5 Å². The molecule has 0 aliphatic carbocycles. The fourth-order valence-corrected chi connectivity index (χ4v) is 5.49. The van der Waals surface area contributed by atoms with Gasteiger partial charge in [-0.2, -0.15) is 0 Å². The van der Waals surface area contributed by atoms with Crippen LogP contribution in [0.25, 0.3) is 31.3 Å². The molecule has 0 unspecified atom stereocenters. The van der Waals surface area contributed by atoms with E-state index in [9.17, 15) is 4.79 Å². The first kappa shape index (κ1) is 18.3. The number of thioether (sulfide) groups is 1. The van der Waals surface area contributed by atoms with Crippen molar-refractivity contribution in [2.75, 3.05) is 17.9 Å². The van der Waals surface area contributed by atoms with Crippen LogP contribution < -0.4 is 14.8 Å². The van der Waals surface area contributed by atoms with Gasteiger partial charge in [-0.15, -0.1) is 11.3 Å². The van der Waals surface area contributed by atoms with Gasteiger partial charge in [-0.25, -0.2) is 15.0 Å². The second-order valence-electron chi connectivity index (χ2n) is 6.90. The predicted octanol–water partition coefficient (Wildman–Crippen LogP) is 4.85. The monoisotopic (exact) mass is 446 g/mol. The highest BCUT2D eigenvalue weighted by atomic mass is 32.2. The van der Waals surface area contributed by atoms with Crippen LogP contribution in [-0.2, 0) is 4.79 Å². The Balaban J connectivity index is 1.26. The lowest BCUT2D eigenvalue weighted by molar-refractivity contribution is -0.113. The van der Waals surface area contributed by atoms with E-state index >= 15 is 0 Å². The van der Waals surface area contributed by atoms with E-state index in [2.05, 4.69) is 21.4 Å². The summed E-state index contributed by atoms with van der Waals surface area (Å²) < 4.78 is 11.6. The van der Waals surface area contributed by atoms with Gasteiger partial charge in [0.25, 0.3) is 0 Å². The minimum absolute atomic E-state index is 0.124. The number of aromatic nitrogens is 3. The highest BCUT2D eigenvalue weighted by Gasteiger charge is 2.16. The topological polar surface area (TPSA) is 86.2 Å². The van der Waals surface area contributed by atoms with Crippen molar-refractivity contribution in [3.63, 3.8) is 0 Å². The number of carbonyl (C=O) groups excluding carboxylic acids is 1. The maximum absolute atomic E-state index is 12.5. The number of carbonyl (C=O) groups is 1. The molecule has 0 bridgehead atoms. The van der Waals surface area contributed by atoms with Crippen LogP contribution in [0.4, 0.5) is 5.69 Å². The third-order valence-corrected chi connectivity index (χ3v) is 7.12. The van der Waals surface area contributed by atoms with E-state index in [0.29, 0.717) is 17.2 Å². The second-order valence-corrected chi connectivity index (χ2v) is 8.86. The van der Waals surface area contributed by atoms with Gasteiger partial charge in [0.05, 0.1) is 21.5 Å². The Kier molecular flexibility index (Phi) is 4.36. The molecule has 0 saturated carbocycles. The van der Waals surface area contributed by atoms with Gasteiger partial charge in [-0.3, -0.25) is 4.79 Å². The molecule has 0 atom stereocenters. The lowest BCUT2D eigenvalue weighted by Crippen LogP contribution is -2.14. The van der Waals surface area contributed by atoms with Crippen LogP contribution in [0, 0.1) is 0 Å². The first-order valence-corrected chi connectivity index (χ1v) is 11.3. The number of rotatable bonds is 4. The SMILES string of the molecule is O=C(CSc1ncnc2c1sc1nc3ccccc3cc12)Nc1ccc2c(c1)OCO2. The molecule has 0 fully saturated rings. The van der Waals surface area contributed by atoms with E-state index < -0.39 is 0 Å². The molecule has 3 aromatic heterocycles. The maximum atomic E-state index is 12.5. The number of pyridine rings is 1. The van der Waals surface area contributed by atoms with Crippen LogP contribution in [0.5, 0.6) is 11.5 Å². The van der Waals surface area contributed by atoms with Gasteiger partial charge in [0.2, 0.25) is 12.7 Å². The molecule has 6 rings (SSSR count). The summed E-state index contributed by atoms with van der Waals surface area (Å²) in [6.45, 7) is 0.200. The Bertz CT molecular complexity index is 1480. The number of amides is 1. The summed E-state index contributed by atoms with van der Waals surface area (Å²) in [5.41, 5.74) is 2.49. The van der Waals surface area contributed by atoms with Crippen molar-refractivity contribution >= 4 is 66.0 Å². The summed E-state index contributed by atoms with van der Waals surface area (Å²) in [5, 5.41) is 5.75. The van der Waals surface area contributed by atoms with E-state index in [1.165, 1.54) is 11.8 Å². The predicted molar refractivity (Wildman–Crippen MR) is 122 cm³/mol. The first-order chi connectivity index (χ1) is 15.2. The number of hydrogen-bond acceptors (Lipinski definition) is 8. The zero-order chi connectivity index (χ0) is 20.8. The van der Waals surface area contributed by atoms with Crippen molar-refractivity contribution in [2.45, 2.75) is 5.03 Å². The summed E-state index contributed by atoms with van der Waals surface area (Å²) in [5.74, 6) is 1.42. The molecule has 4 heterocycles. The molecule has 0 saturated heterocycles. The van der Waals surface area contributed by atoms with Gasteiger partial charge in [0.15, 0.2) is 11.5 Å². The van der Waals surface area contributed by atoms with E-state index in [0.717, 1.165) is 36.4 Å². The molecule has 2 aromatic carbocycles. The van der Waals surface area contributed by atoms with E-state index in [1.54, 1.807) is 35.9 Å². The minimum atomic E-state index is -0.124. The van der Waals surface area contributed by atoms with E-state index in [1.807, 2.05) is 24.3 Å². The van der Waals surface area contributed by atoms with Crippen molar-refractivity contribution in [3.05, 3.63) is 54.9 Å². The quantitative estimate of drug-likeness (QED) is 0.312. The summed E-state index contributed by atoms with van der Waals surface area (Å²) in [7, 11) is 0. The molecule has 1 aliphatic heterocycles. The van der Waals surface area contributed by atoms with Crippen molar-refractivity contribution in [1.82, 2.24) is 15.0 Å². The highest BCUT2D eigenvalue weighted by Crippen LogP contribution is 2.38. The van der Waals surface area contributed by atoms with Gasteiger partial charge >= 0.3 is 0 Å². The number of nitrogens with one attached hydrogen (secondary N) is 1. The molecule has 1 aliphatic rings. The average molecular weight is 447 g/mol. The highest BCUT2D eigenvalue weighted by molar-refractivity contribution is 8.00. The van der Waals surface area contributed by atoms with Crippen LogP contribution in [0.15, 0.2) is 59.9 Å². The first-order valence-electron chi connectivity index (χ1n) is 9.50. The molecule has 0 radical (unpaired) electrons. The van der Waals surface area contributed by atoms with Crippen molar-refractivity contribution in [1.29, 1.82) is 0 Å². The number of para-hydroxylation sites is 1. The van der Waals surface area contributed by atoms with E-state index in [4.69, 9.17) is 14.5 Å². The molecular formula is C22H14N4O3S2. The third-order valence-electron chi connectivity index (χ3n) is 4.91. The summed E-state index contributed by atoms with van der Waals surface area (Å²) >= 11 is 2.94. The Morgan fingerprint density at radius 3 is 2.97 bits per heavy atom. The van der Waals surface area contributed by atoms with Crippen molar-refractivity contribution < 1.29 is 14.3 Å². The molecule has 7 nitrogen and oxygen atoms in total. The number of fused-ring (bicyclic) bond motifs is 5. The molecule has 9 heteroatoms. The van der Waals surface area contributed by atoms with Crippen LogP contribution in [0.2, 0.25) is 0 Å². The minimum Gasteiger partial charge on any atom is -0.454 e. The van der Waals surface area contributed by atoms with Crippen LogP contribution in [-0.4, -0.2) is 33.4 Å². The Morgan fingerprint density at radius 2 is 2.00 bits per heavy atom. The molecule has 5 aromatic rings. The number of benzene rings is 2. The van der Waals surface area contributed by atoms with Crippen LogP contribution in [0.1, 0.15) is 0 Å².